The lowest BCUT2D eigenvalue weighted by molar-refractivity contribution is -0.125. The lowest BCUT2D eigenvalue weighted by atomic mass is 9.82. The maximum atomic E-state index is 16.3. The van der Waals surface area contributed by atoms with E-state index in [1.807, 2.05) is 22.7 Å². The highest BCUT2D eigenvalue weighted by molar-refractivity contribution is 9.11. The number of hydrogen-bond acceptors (Lipinski definition) is 4. The van der Waals surface area contributed by atoms with Gasteiger partial charge in [-0.05, 0) is 152 Å². The van der Waals surface area contributed by atoms with Crippen LogP contribution in [0.2, 0.25) is 0 Å². The molecule has 4 heterocycles. The maximum absolute atomic E-state index is 16.3. The molecular formula is C88H142Br2N2O2S2. The Morgan fingerprint density at radius 3 is 0.833 bits per heavy atom. The number of unbranched alkanes of at least 4 members (excludes halogenated alkanes) is 32. The summed E-state index contributed by atoms with van der Waals surface area (Å²) in [6, 6.07) is 19.1. The number of halogens is 2. The normalized spacial score (nSPS) is 15.9. The monoisotopic (exact) mass is 1480 g/mol. The Morgan fingerprint density at radius 1 is 0.323 bits per heavy atom. The van der Waals surface area contributed by atoms with Crippen molar-refractivity contribution in [3.63, 3.8) is 0 Å². The van der Waals surface area contributed by atoms with Gasteiger partial charge in [0.15, 0.2) is 0 Å². The first-order valence-corrected chi connectivity index (χ1v) is 44.7. The molecule has 0 N–H and O–H groups in total. The molecule has 0 fully saturated rings. The second kappa shape index (κ2) is 49.4. The molecule has 4 aromatic rings. The van der Waals surface area contributed by atoms with Gasteiger partial charge < -0.3 is 9.80 Å². The van der Waals surface area contributed by atoms with Crippen molar-refractivity contribution in [2.24, 2.45) is 23.7 Å². The Kier molecular flexibility index (Phi) is 42.5. The molecule has 0 saturated heterocycles. The summed E-state index contributed by atoms with van der Waals surface area (Å²) in [5.41, 5.74) is 9.54. The molecular weight excluding hydrogens is 1340 g/mol. The van der Waals surface area contributed by atoms with Gasteiger partial charge in [0.25, 0.3) is 0 Å². The average Bonchev–Trinajstić information content (AvgIpc) is 1.57. The van der Waals surface area contributed by atoms with Crippen LogP contribution >= 0.6 is 54.5 Å². The maximum Gasteiger partial charge on any atom is 0.235 e. The van der Waals surface area contributed by atoms with E-state index >= 15 is 9.59 Å². The van der Waals surface area contributed by atoms with Crippen molar-refractivity contribution in [1.82, 2.24) is 0 Å². The lowest BCUT2D eigenvalue weighted by Gasteiger charge is -2.27. The first kappa shape index (κ1) is 82.7. The second-order valence-corrected chi connectivity index (χ2v) is 35.5. The highest BCUT2D eigenvalue weighted by Gasteiger charge is 2.51. The number of anilines is 2. The molecule has 2 aliphatic heterocycles. The number of nitrogens with zero attached hydrogens (tertiary/aromatic N) is 2. The summed E-state index contributed by atoms with van der Waals surface area (Å²) >= 11 is 12.1. The van der Waals surface area contributed by atoms with Gasteiger partial charge in [-0.3, -0.25) is 9.59 Å². The van der Waals surface area contributed by atoms with Gasteiger partial charge in [-0.15, -0.1) is 22.7 Å². The van der Waals surface area contributed by atoms with Gasteiger partial charge in [-0.25, -0.2) is 0 Å². The van der Waals surface area contributed by atoms with E-state index in [2.05, 4.69) is 146 Å². The summed E-state index contributed by atoms with van der Waals surface area (Å²) < 4.78 is 2.53. The predicted octanol–water partition coefficient (Wildman–Crippen LogP) is 30.7. The predicted molar refractivity (Wildman–Crippen MR) is 433 cm³/mol. The smallest absolute Gasteiger partial charge is 0.235 e. The zero-order chi connectivity index (χ0) is 68.5. The van der Waals surface area contributed by atoms with Crippen molar-refractivity contribution < 1.29 is 9.59 Å². The third-order valence-electron chi connectivity index (χ3n) is 22.4. The molecule has 0 spiro atoms. The topological polar surface area (TPSA) is 40.6 Å². The third-order valence-corrected chi connectivity index (χ3v) is 26.4. The van der Waals surface area contributed by atoms with Crippen LogP contribution in [0, 0.1) is 23.7 Å². The van der Waals surface area contributed by atoms with Gasteiger partial charge in [0.1, 0.15) is 0 Å². The highest BCUT2D eigenvalue weighted by atomic mass is 79.9. The van der Waals surface area contributed by atoms with Crippen molar-refractivity contribution in [3.8, 4) is 20.9 Å². The fourth-order valence-corrected chi connectivity index (χ4v) is 19.8. The number of hydrogen-bond donors (Lipinski definition) is 0. The van der Waals surface area contributed by atoms with Crippen LogP contribution < -0.4 is 9.80 Å². The first-order valence-electron chi connectivity index (χ1n) is 41.5. The summed E-state index contributed by atoms with van der Waals surface area (Å²) in [6.07, 6.45) is 64.1. The van der Waals surface area contributed by atoms with Crippen LogP contribution in [0.25, 0.3) is 20.9 Å². The van der Waals surface area contributed by atoms with E-state index in [9.17, 15) is 0 Å². The number of amides is 2. The molecule has 0 bridgehead atoms. The molecule has 0 radical (unpaired) electrons. The summed E-state index contributed by atoms with van der Waals surface area (Å²) in [5.74, 6) is 1.37. The quantitative estimate of drug-likeness (QED) is 0.0413. The van der Waals surface area contributed by atoms with E-state index in [-0.39, 0.29) is 11.8 Å². The number of rotatable bonds is 59. The van der Waals surface area contributed by atoms with E-state index in [1.165, 1.54) is 322 Å². The standard InChI is InChI=1S/C88H142Br2N2O2S2/c1-9-17-25-33-37-45-51-69(49-41-29-21-13-5)61-75-65-81(95-85(75)89)73-57-59-77-79(63-73)91(67-71(53-43-31-23-15-7)55-47-39-35-27-19-11-3)87(93)83(77)84-78-60-58-74(64-80(78)92(88(84)94)68-72(54-44-32-24-16-8)56-48-40-36-28-20-12-4)82-66-76(86(90)96-82)62-70(50-42-30-22-14-6)52-46-38-34-26-18-10-2/h57-60,63-66,69-72,83-84H,9-56,61-62,67-68H2,1-8H3. The van der Waals surface area contributed by atoms with Crippen LogP contribution in [0.15, 0.2) is 56.1 Å². The third kappa shape index (κ3) is 28.2. The molecule has 6 rings (SSSR count). The van der Waals surface area contributed by atoms with Gasteiger partial charge in [0, 0.05) is 34.2 Å². The fourth-order valence-electron chi connectivity index (χ4n) is 16.4. The molecule has 542 valence electrons. The van der Waals surface area contributed by atoms with E-state index < -0.39 is 11.8 Å². The Hall–Kier alpha value is -2.26. The molecule has 2 aromatic heterocycles. The molecule has 0 aliphatic carbocycles. The minimum atomic E-state index is -0.572. The molecule has 0 saturated carbocycles. The minimum absolute atomic E-state index is 0.146. The number of carbonyl (C=O) groups is 2. The van der Waals surface area contributed by atoms with Crippen LogP contribution in [0.1, 0.15) is 398 Å². The van der Waals surface area contributed by atoms with Crippen LogP contribution in [-0.2, 0) is 22.4 Å². The van der Waals surface area contributed by atoms with E-state index in [0.29, 0.717) is 23.7 Å². The van der Waals surface area contributed by atoms with Crippen molar-refractivity contribution in [2.75, 3.05) is 22.9 Å². The number of thiophene rings is 2. The summed E-state index contributed by atoms with van der Waals surface area (Å²) in [7, 11) is 0. The molecule has 8 heteroatoms. The van der Waals surface area contributed by atoms with Gasteiger partial charge in [0.05, 0.1) is 19.4 Å². The molecule has 4 nitrogen and oxygen atoms in total. The Bertz CT molecular complexity index is 2530. The Morgan fingerprint density at radius 2 is 0.562 bits per heavy atom. The van der Waals surface area contributed by atoms with Crippen molar-refractivity contribution in [2.45, 2.75) is 388 Å². The van der Waals surface area contributed by atoms with Crippen LogP contribution in [0.5, 0.6) is 0 Å². The minimum Gasteiger partial charge on any atom is -0.311 e. The lowest BCUT2D eigenvalue weighted by Crippen LogP contribution is -2.39. The number of fused-ring (bicyclic) bond motifs is 2. The molecule has 6 unspecified atom stereocenters. The number of benzene rings is 2. The summed E-state index contributed by atoms with van der Waals surface area (Å²) in [4.78, 5) is 39.7. The van der Waals surface area contributed by atoms with Gasteiger partial charge in [-0.1, -0.05) is 362 Å². The van der Waals surface area contributed by atoms with Crippen LogP contribution in [0.4, 0.5) is 11.4 Å². The largest absolute Gasteiger partial charge is 0.311 e. The average molecular weight is 1480 g/mol. The SMILES string of the molecule is CCCCCCCCC(CCCCCC)Cc1cc(-c2ccc3c(c2)N(CC(CCCCCC)CCCCCCCC)C(=O)C3C2C(=O)N(CC(CCCCCC)CCCCCCCC)c3cc(-c4cc(CC(CCCCCC)CCCCCCCC)c(Br)s4)ccc32)sc1Br. The molecule has 2 aliphatic rings. The van der Waals surface area contributed by atoms with Crippen molar-refractivity contribution >= 4 is 77.7 Å². The van der Waals surface area contributed by atoms with Crippen molar-refractivity contribution in [3.05, 3.63) is 78.4 Å². The number of carbonyl (C=O) groups excluding carboxylic acids is 2. The Labute approximate surface area is 616 Å². The van der Waals surface area contributed by atoms with E-state index in [0.717, 1.165) is 74.1 Å². The van der Waals surface area contributed by atoms with Gasteiger partial charge in [-0.2, -0.15) is 0 Å². The van der Waals surface area contributed by atoms with Gasteiger partial charge >= 0.3 is 0 Å². The zero-order valence-electron chi connectivity index (χ0n) is 63.1. The molecule has 2 aromatic carbocycles. The highest BCUT2D eigenvalue weighted by Crippen LogP contribution is 2.54. The van der Waals surface area contributed by atoms with Crippen molar-refractivity contribution in [1.29, 1.82) is 0 Å². The molecule has 96 heavy (non-hydrogen) atoms. The Balaban J connectivity index is 1.42. The van der Waals surface area contributed by atoms with E-state index in [4.69, 9.17) is 0 Å². The zero-order valence-corrected chi connectivity index (χ0v) is 67.9. The molecule has 2 amide bonds. The van der Waals surface area contributed by atoms with Gasteiger partial charge in [0.2, 0.25) is 11.8 Å². The molecule has 6 atom stereocenters. The second-order valence-electron chi connectivity index (χ2n) is 30.7. The van der Waals surface area contributed by atoms with E-state index in [1.54, 1.807) is 0 Å². The first-order chi connectivity index (χ1) is 47.0. The van der Waals surface area contributed by atoms with Crippen LogP contribution in [-0.4, -0.2) is 24.9 Å². The summed E-state index contributed by atoms with van der Waals surface area (Å²) in [6.45, 7) is 20.0. The van der Waals surface area contributed by atoms with Crippen LogP contribution in [0.3, 0.4) is 0 Å². The summed E-state index contributed by atoms with van der Waals surface area (Å²) in [5, 5.41) is 0. The fraction of sp³-hybridized carbons (Fsp3) is 0.750.